The average molecular weight is 243 g/mol. The van der Waals surface area contributed by atoms with Gasteiger partial charge in [-0.25, -0.2) is 0 Å². The summed E-state index contributed by atoms with van der Waals surface area (Å²) in [6, 6.07) is 0. The van der Waals surface area contributed by atoms with Crippen LogP contribution in [0.1, 0.15) is 20.3 Å². The molecule has 1 atom stereocenters. The molecule has 1 rings (SSSR count). The molecular weight excluding hydrogens is 214 g/mol. The van der Waals surface area contributed by atoms with Gasteiger partial charge in [0, 0.05) is 45.8 Å². The topological polar surface area (TPSA) is 27.7 Å². The highest BCUT2D eigenvalue weighted by atomic mass is 16.5. The molecule has 0 radical (unpaired) electrons. The van der Waals surface area contributed by atoms with Crippen molar-refractivity contribution in [2.75, 3.05) is 59.5 Å². The van der Waals surface area contributed by atoms with Gasteiger partial charge in [0.25, 0.3) is 0 Å². The molecule has 17 heavy (non-hydrogen) atoms. The van der Waals surface area contributed by atoms with Crippen LogP contribution in [0.3, 0.4) is 0 Å². The molecule has 0 saturated carbocycles. The zero-order chi connectivity index (χ0) is 12.5. The maximum Gasteiger partial charge on any atom is 0.0596 e. The van der Waals surface area contributed by atoms with Gasteiger partial charge in [-0.3, -0.25) is 4.90 Å². The fourth-order valence-corrected chi connectivity index (χ4v) is 1.89. The molecule has 102 valence electrons. The van der Waals surface area contributed by atoms with Crippen LogP contribution in [0.4, 0.5) is 0 Å². The molecule has 1 N–H and O–H groups in total. The summed E-state index contributed by atoms with van der Waals surface area (Å²) in [5, 5.41) is 3.38. The lowest BCUT2D eigenvalue weighted by Crippen LogP contribution is -2.46. The number of piperazine rings is 1. The van der Waals surface area contributed by atoms with Crippen molar-refractivity contribution in [1.82, 2.24) is 15.1 Å². The van der Waals surface area contributed by atoms with Gasteiger partial charge >= 0.3 is 0 Å². The number of ether oxygens (including phenoxy) is 1. The maximum atomic E-state index is 5.69. The van der Waals surface area contributed by atoms with Crippen LogP contribution >= 0.6 is 0 Å². The van der Waals surface area contributed by atoms with Gasteiger partial charge in [0.15, 0.2) is 0 Å². The second kappa shape index (κ2) is 8.86. The third-order valence-corrected chi connectivity index (χ3v) is 3.46. The number of nitrogens with zero attached hydrogens (tertiary/aromatic N) is 2. The van der Waals surface area contributed by atoms with E-state index in [9.17, 15) is 0 Å². The van der Waals surface area contributed by atoms with Crippen LogP contribution in [-0.4, -0.2) is 75.4 Å². The maximum absolute atomic E-state index is 5.69. The lowest BCUT2D eigenvalue weighted by Gasteiger charge is -2.29. The Bertz CT molecular complexity index is 184. The highest BCUT2D eigenvalue weighted by Crippen LogP contribution is 1.97. The predicted molar refractivity (Wildman–Crippen MR) is 72.5 cm³/mol. The van der Waals surface area contributed by atoms with E-state index in [-0.39, 0.29) is 0 Å². The molecule has 4 heteroatoms. The molecule has 1 aliphatic heterocycles. The number of likely N-dealkylation sites (N-methyl/N-ethyl adjacent to an activating group) is 1. The second-order valence-electron chi connectivity index (χ2n) is 4.98. The van der Waals surface area contributed by atoms with Crippen LogP contribution in [-0.2, 0) is 4.74 Å². The molecule has 0 aromatic rings. The summed E-state index contributed by atoms with van der Waals surface area (Å²) in [4.78, 5) is 4.90. The number of nitrogens with one attached hydrogen (secondary N) is 1. The van der Waals surface area contributed by atoms with Crippen LogP contribution < -0.4 is 5.32 Å². The smallest absolute Gasteiger partial charge is 0.0596 e. The van der Waals surface area contributed by atoms with E-state index in [2.05, 4.69) is 36.0 Å². The number of rotatable bonds is 8. The van der Waals surface area contributed by atoms with Crippen molar-refractivity contribution in [3.8, 4) is 0 Å². The van der Waals surface area contributed by atoms with Gasteiger partial charge in [0.2, 0.25) is 0 Å². The van der Waals surface area contributed by atoms with Crippen molar-refractivity contribution in [3.63, 3.8) is 0 Å². The van der Waals surface area contributed by atoms with Crippen LogP contribution in [0.15, 0.2) is 0 Å². The van der Waals surface area contributed by atoms with Crippen molar-refractivity contribution in [2.45, 2.75) is 26.4 Å². The number of hydrogen-bond donors (Lipinski definition) is 1. The van der Waals surface area contributed by atoms with Gasteiger partial charge in [0.1, 0.15) is 0 Å². The first-order chi connectivity index (χ1) is 8.22. The first-order valence-corrected chi connectivity index (χ1v) is 6.95. The second-order valence-corrected chi connectivity index (χ2v) is 4.98. The van der Waals surface area contributed by atoms with Crippen LogP contribution in [0.25, 0.3) is 0 Å². The minimum Gasteiger partial charge on any atom is -0.377 e. The van der Waals surface area contributed by atoms with Gasteiger partial charge in [-0.15, -0.1) is 0 Å². The Morgan fingerprint density at radius 3 is 2.65 bits per heavy atom. The third kappa shape index (κ3) is 6.99. The van der Waals surface area contributed by atoms with E-state index in [1.165, 1.54) is 19.6 Å². The summed E-state index contributed by atoms with van der Waals surface area (Å²) in [5.74, 6) is 0. The fraction of sp³-hybridized carbons (Fsp3) is 1.00. The third-order valence-electron chi connectivity index (χ3n) is 3.46. The van der Waals surface area contributed by atoms with Gasteiger partial charge in [0.05, 0.1) is 12.7 Å². The van der Waals surface area contributed by atoms with Crippen LogP contribution in [0.5, 0.6) is 0 Å². The summed E-state index contributed by atoms with van der Waals surface area (Å²) in [6.45, 7) is 13.2. The van der Waals surface area contributed by atoms with Crippen LogP contribution in [0.2, 0.25) is 0 Å². The van der Waals surface area contributed by atoms with E-state index in [0.717, 1.165) is 39.2 Å². The van der Waals surface area contributed by atoms with Gasteiger partial charge in [-0.2, -0.15) is 0 Å². The zero-order valence-corrected chi connectivity index (χ0v) is 11.7. The highest BCUT2D eigenvalue weighted by Gasteiger charge is 2.09. The Labute approximate surface area is 106 Å². The van der Waals surface area contributed by atoms with E-state index >= 15 is 0 Å². The monoisotopic (exact) mass is 243 g/mol. The van der Waals surface area contributed by atoms with Gasteiger partial charge in [-0.1, -0.05) is 6.92 Å². The normalized spacial score (nSPS) is 19.8. The number of hydrogen-bond acceptors (Lipinski definition) is 4. The van der Waals surface area contributed by atoms with Crippen molar-refractivity contribution in [3.05, 3.63) is 0 Å². The van der Waals surface area contributed by atoms with Crippen molar-refractivity contribution < 1.29 is 4.74 Å². The summed E-state index contributed by atoms with van der Waals surface area (Å²) in [7, 11) is 2.18. The molecule has 4 nitrogen and oxygen atoms in total. The Balaban J connectivity index is 1.98. The lowest BCUT2D eigenvalue weighted by molar-refractivity contribution is 0.0488. The zero-order valence-electron chi connectivity index (χ0n) is 11.7. The molecule has 0 bridgehead atoms. The average Bonchev–Trinajstić information content (AvgIpc) is 2.37. The fourth-order valence-electron chi connectivity index (χ4n) is 1.89. The van der Waals surface area contributed by atoms with E-state index < -0.39 is 0 Å². The summed E-state index contributed by atoms with van der Waals surface area (Å²) in [5.41, 5.74) is 0. The molecule has 1 saturated heterocycles. The molecule has 0 spiro atoms. The van der Waals surface area contributed by atoms with Gasteiger partial charge < -0.3 is 15.0 Å². The molecule has 0 aromatic heterocycles. The Hall–Kier alpha value is -0.160. The molecular formula is C13H29N3O. The van der Waals surface area contributed by atoms with Crippen LogP contribution in [0, 0.1) is 0 Å². The molecule has 0 aliphatic carbocycles. The minimum atomic E-state index is 0.400. The largest absolute Gasteiger partial charge is 0.377 e. The summed E-state index contributed by atoms with van der Waals surface area (Å²) in [6.07, 6.45) is 1.50. The molecule has 0 amide bonds. The summed E-state index contributed by atoms with van der Waals surface area (Å²) < 4.78 is 5.69. The van der Waals surface area contributed by atoms with E-state index in [1.54, 1.807) is 0 Å². The predicted octanol–water partition coefficient (Wildman–Crippen LogP) is 0.639. The van der Waals surface area contributed by atoms with Gasteiger partial charge in [-0.05, 0) is 20.4 Å². The van der Waals surface area contributed by atoms with E-state index in [4.69, 9.17) is 4.74 Å². The molecule has 0 aromatic carbocycles. The van der Waals surface area contributed by atoms with E-state index in [1.807, 2.05) is 0 Å². The first kappa shape index (κ1) is 14.9. The molecule has 1 unspecified atom stereocenters. The lowest BCUT2D eigenvalue weighted by atomic mass is 10.3. The quantitative estimate of drug-likeness (QED) is 0.677. The van der Waals surface area contributed by atoms with Crippen molar-refractivity contribution >= 4 is 0 Å². The Morgan fingerprint density at radius 2 is 2.00 bits per heavy atom. The SMILES string of the molecule is CCC(C)OCCN(C)CCN1CCNCC1. The molecule has 1 aliphatic rings. The Morgan fingerprint density at radius 1 is 1.29 bits per heavy atom. The molecule has 1 heterocycles. The Kier molecular flexibility index (Phi) is 7.77. The van der Waals surface area contributed by atoms with Crippen molar-refractivity contribution in [2.24, 2.45) is 0 Å². The summed E-state index contributed by atoms with van der Waals surface area (Å²) >= 11 is 0. The van der Waals surface area contributed by atoms with Crippen molar-refractivity contribution in [1.29, 1.82) is 0 Å². The standard InChI is InChI=1S/C13H29N3O/c1-4-13(2)17-12-11-15(3)9-10-16-7-5-14-6-8-16/h13-14H,4-12H2,1-3H3. The van der Waals surface area contributed by atoms with E-state index in [0.29, 0.717) is 6.10 Å². The minimum absolute atomic E-state index is 0.400. The first-order valence-electron chi connectivity index (χ1n) is 6.95. The highest BCUT2D eigenvalue weighted by molar-refractivity contribution is 4.68. The molecule has 1 fully saturated rings.